The molecule has 0 radical (unpaired) electrons. The smallest absolute Gasteiger partial charge is 0.199 e. The predicted octanol–water partition coefficient (Wildman–Crippen LogP) is 2.15. The van der Waals surface area contributed by atoms with Crippen molar-refractivity contribution in [1.29, 1.82) is 0 Å². The first-order valence-corrected chi connectivity index (χ1v) is 10.6. The van der Waals surface area contributed by atoms with Crippen LogP contribution < -0.4 is 0 Å². The second-order valence-corrected chi connectivity index (χ2v) is 9.29. The minimum absolute atomic E-state index is 0.0547. The molecule has 3 heterocycles. The van der Waals surface area contributed by atoms with Gasteiger partial charge in [0.15, 0.2) is 20.4 Å². The van der Waals surface area contributed by atoms with E-state index in [0.29, 0.717) is 17.9 Å². The number of sulfone groups is 1. The molecular weight excluding hydrogens is 352 g/mol. The van der Waals surface area contributed by atoms with E-state index < -0.39 is 9.84 Å². The van der Waals surface area contributed by atoms with Crippen molar-refractivity contribution in [3.63, 3.8) is 0 Å². The maximum atomic E-state index is 11.7. The summed E-state index contributed by atoms with van der Waals surface area (Å²) in [5.74, 6) is 1.36. The van der Waals surface area contributed by atoms with Gasteiger partial charge in [0.05, 0.1) is 23.1 Å². The fourth-order valence-electron chi connectivity index (χ4n) is 2.91. The largest absolute Gasteiger partial charge is 0.302 e. The van der Waals surface area contributed by atoms with Gasteiger partial charge in [0.1, 0.15) is 0 Å². The Hall–Kier alpha value is -1.03. The monoisotopic (exact) mass is 372 g/mol. The summed E-state index contributed by atoms with van der Waals surface area (Å²) < 4.78 is 27.8. The molecule has 2 aromatic rings. The van der Waals surface area contributed by atoms with E-state index >= 15 is 0 Å². The van der Waals surface area contributed by atoms with Gasteiger partial charge in [-0.1, -0.05) is 13.0 Å². The number of nitrogens with zero attached hydrogens (tertiary/aromatic N) is 4. The highest BCUT2D eigenvalue weighted by atomic mass is 32.2. The van der Waals surface area contributed by atoms with Crippen LogP contribution in [0.15, 0.2) is 17.5 Å². The van der Waals surface area contributed by atoms with Crippen LogP contribution in [0, 0.1) is 4.77 Å². The Kier molecular flexibility index (Phi) is 4.73. The van der Waals surface area contributed by atoms with Crippen LogP contribution in [0.5, 0.6) is 0 Å². The lowest BCUT2D eigenvalue weighted by Crippen LogP contribution is -2.37. The zero-order valence-electron chi connectivity index (χ0n) is 13.2. The third kappa shape index (κ3) is 3.42. The Morgan fingerprint density at radius 1 is 1.52 bits per heavy atom. The molecule has 2 aromatic heterocycles. The molecule has 0 unspecified atom stereocenters. The fourth-order valence-corrected chi connectivity index (χ4v) is 5.60. The molecule has 9 heteroatoms. The van der Waals surface area contributed by atoms with Crippen LogP contribution in [0.4, 0.5) is 0 Å². The Labute approximate surface area is 145 Å². The Morgan fingerprint density at radius 2 is 2.30 bits per heavy atom. The summed E-state index contributed by atoms with van der Waals surface area (Å²) >= 11 is 7.12. The van der Waals surface area contributed by atoms with Gasteiger partial charge in [0.2, 0.25) is 0 Å². The van der Waals surface area contributed by atoms with Crippen LogP contribution in [0.2, 0.25) is 0 Å². The lowest BCUT2D eigenvalue weighted by molar-refractivity contribution is 0.164. The highest BCUT2D eigenvalue weighted by molar-refractivity contribution is 7.91. The maximum absolute atomic E-state index is 11.7. The third-order valence-electron chi connectivity index (χ3n) is 4.23. The molecule has 1 aliphatic rings. The molecule has 0 bridgehead atoms. The first kappa shape index (κ1) is 16.8. The highest BCUT2D eigenvalue weighted by Crippen LogP contribution is 2.23. The van der Waals surface area contributed by atoms with E-state index in [9.17, 15) is 8.42 Å². The standard InChI is InChI=1S/C14H20N4O2S3/c1-3-17(11-6-8-23(19,20)9-11)10-18-14(21)16(2)13(15-18)12-5-4-7-22-12/h4-5,7,11H,3,6,8-10H2,1-2H3/t11-/m0/s1. The van der Waals surface area contributed by atoms with Gasteiger partial charge in [-0.25, -0.2) is 13.1 Å². The van der Waals surface area contributed by atoms with Crippen molar-refractivity contribution in [1.82, 2.24) is 19.2 Å². The van der Waals surface area contributed by atoms with Gasteiger partial charge >= 0.3 is 0 Å². The normalized spacial score (nSPS) is 20.4. The summed E-state index contributed by atoms with van der Waals surface area (Å²) in [6.07, 6.45) is 0.689. The van der Waals surface area contributed by atoms with E-state index in [4.69, 9.17) is 12.2 Å². The van der Waals surface area contributed by atoms with Crippen LogP contribution in [0.3, 0.4) is 0 Å². The SMILES string of the molecule is CCN(Cn1nc(-c2cccs2)n(C)c1=S)[C@H]1CCS(=O)(=O)C1. The maximum Gasteiger partial charge on any atom is 0.199 e. The molecule has 1 atom stereocenters. The molecule has 1 aliphatic heterocycles. The van der Waals surface area contributed by atoms with Crippen LogP contribution >= 0.6 is 23.6 Å². The zero-order chi connectivity index (χ0) is 16.6. The first-order chi connectivity index (χ1) is 10.9. The third-order valence-corrected chi connectivity index (χ3v) is 7.33. The summed E-state index contributed by atoms with van der Waals surface area (Å²) in [6, 6.07) is 4.07. The Bertz CT molecular complexity index is 836. The summed E-state index contributed by atoms with van der Waals surface area (Å²) in [4.78, 5) is 3.22. The van der Waals surface area contributed by atoms with E-state index in [1.165, 1.54) is 0 Å². The van der Waals surface area contributed by atoms with E-state index in [1.54, 1.807) is 16.0 Å². The molecule has 23 heavy (non-hydrogen) atoms. The van der Waals surface area contributed by atoms with Crippen molar-refractivity contribution < 1.29 is 8.42 Å². The van der Waals surface area contributed by atoms with Crippen LogP contribution in [0.25, 0.3) is 10.7 Å². The highest BCUT2D eigenvalue weighted by Gasteiger charge is 2.32. The molecule has 0 spiro atoms. The van der Waals surface area contributed by atoms with Crippen molar-refractivity contribution in [2.75, 3.05) is 18.1 Å². The van der Waals surface area contributed by atoms with Gasteiger partial charge < -0.3 is 4.57 Å². The molecule has 0 N–H and O–H groups in total. The summed E-state index contributed by atoms with van der Waals surface area (Å²) in [7, 11) is -0.978. The molecule has 126 valence electrons. The Morgan fingerprint density at radius 3 is 2.87 bits per heavy atom. The average Bonchev–Trinajstić information content (AvgIpc) is 3.20. The molecule has 0 saturated carbocycles. The number of aromatic nitrogens is 3. The lowest BCUT2D eigenvalue weighted by Gasteiger charge is -2.25. The van der Waals surface area contributed by atoms with Crippen LogP contribution in [0.1, 0.15) is 13.3 Å². The van der Waals surface area contributed by atoms with Crippen molar-refractivity contribution >= 4 is 33.4 Å². The van der Waals surface area contributed by atoms with Crippen molar-refractivity contribution in [3.05, 3.63) is 22.3 Å². The topological polar surface area (TPSA) is 60.1 Å². The number of rotatable bonds is 5. The van der Waals surface area contributed by atoms with E-state index in [1.807, 2.05) is 36.1 Å². The van der Waals surface area contributed by atoms with Crippen LogP contribution in [-0.4, -0.2) is 51.8 Å². The number of thiophene rings is 1. The molecule has 0 amide bonds. The predicted molar refractivity (Wildman–Crippen MR) is 94.8 cm³/mol. The van der Waals surface area contributed by atoms with Gasteiger partial charge in [-0.2, -0.15) is 0 Å². The number of hydrogen-bond donors (Lipinski definition) is 0. The quantitative estimate of drug-likeness (QED) is 0.753. The molecular formula is C14H20N4O2S3. The molecule has 0 aliphatic carbocycles. The van der Waals surface area contributed by atoms with Crippen molar-refractivity contribution in [2.24, 2.45) is 7.05 Å². The van der Waals surface area contributed by atoms with Gasteiger partial charge in [-0.15, -0.1) is 16.4 Å². The molecule has 1 saturated heterocycles. The minimum atomic E-state index is -2.89. The molecule has 0 aromatic carbocycles. The summed E-state index contributed by atoms with van der Waals surface area (Å²) in [5.41, 5.74) is 0. The average molecular weight is 373 g/mol. The van der Waals surface area contributed by atoms with E-state index in [0.717, 1.165) is 17.2 Å². The van der Waals surface area contributed by atoms with Gasteiger partial charge in [0.25, 0.3) is 0 Å². The molecule has 3 rings (SSSR count). The zero-order valence-corrected chi connectivity index (χ0v) is 15.6. The summed E-state index contributed by atoms with van der Waals surface area (Å²) in [5, 5.41) is 6.66. The van der Waals surface area contributed by atoms with E-state index in [2.05, 4.69) is 10.00 Å². The van der Waals surface area contributed by atoms with E-state index in [-0.39, 0.29) is 17.5 Å². The molecule has 6 nitrogen and oxygen atoms in total. The van der Waals surface area contributed by atoms with Crippen LogP contribution in [-0.2, 0) is 23.6 Å². The van der Waals surface area contributed by atoms with Gasteiger partial charge in [-0.05, 0) is 36.6 Å². The fraction of sp³-hybridized carbons (Fsp3) is 0.571. The first-order valence-electron chi connectivity index (χ1n) is 7.53. The summed E-state index contributed by atoms with van der Waals surface area (Å²) in [6.45, 7) is 3.33. The van der Waals surface area contributed by atoms with Crippen molar-refractivity contribution in [2.45, 2.75) is 26.1 Å². The second-order valence-electron chi connectivity index (χ2n) is 5.75. The molecule has 1 fully saturated rings. The lowest BCUT2D eigenvalue weighted by atomic mass is 10.2. The second kappa shape index (κ2) is 6.46. The van der Waals surface area contributed by atoms with Gasteiger partial charge in [-0.3, -0.25) is 4.90 Å². The van der Waals surface area contributed by atoms with Gasteiger partial charge in [0, 0.05) is 13.1 Å². The van der Waals surface area contributed by atoms with Crippen molar-refractivity contribution in [3.8, 4) is 10.7 Å². The minimum Gasteiger partial charge on any atom is -0.302 e. The number of hydrogen-bond acceptors (Lipinski definition) is 6. The Balaban J connectivity index is 1.85.